The van der Waals surface area contributed by atoms with E-state index in [2.05, 4.69) is 50.3 Å². The van der Waals surface area contributed by atoms with Gasteiger partial charge in [-0.3, -0.25) is 4.79 Å². The molecule has 0 radical (unpaired) electrons. The Morgan fingerprint density at radius 3 is 2.57 bits per heavy atom. The Kier molecular flexibility index (Phi) is 5.01. The predicted molar refractivity (Wildman–Crippen MR) is 121 cm³/mol. The average molecular weight is 407 g/mol. The largest absolute Gasteiger partial charge is 0.393 e. The minimum Gasteiger partial charge on any atom is -0.393 e. The van der Waals surface area contributed by atoms with E-state index in [4.69, 9.17) is 0 Å². The fraction of sp³-hybridized carbons (Fsp3) is 0.679. The maximum absolute atomic E-state index is 13.0. The molecule has 1 aromatic carbocycles. The van der Waals surface area contributed by atoms with Crippen molar-refractivity contribution in [1.82, 2.24) is 0 Å². The van der Waals surface area contributed by atoms with Gasteiger partial charge in [0, 0.05) is 5.92 Å². The molecule has 4 aliphatic carbocycles. The Bertz CT molecular complexity index is 839. The molecule has 0 amide bonds. The van der Waals surface area contributed by atoms with Crippen LogP contribution in [-0.4, -0.2) is 17.0 Å². The zero-order valence-corrected chi connectivity index (χ0v) is 18.9. The number of hydrogen-bond donors (Lipinski definition) is 1. The van der Waals surface area contributed by atoms with Crippen LogP contribution in [0.15, 0.2) is 42.0 Å². The SMILES string of the molecule is CC(O)[C@H]1CC[C@H]2[C@@H]3CCC4=CC(=O)C(Cc5ccccc5)C[C@]4(C)[C@H]3CC[C@]12C. The fourth-order valence-electron chi connectivity index (χ4n) is 8.65. The minimum atomic E-state index is -0.186. The van der Waals surface area contributed by atoms with Crippen LogP contribution in [0.4, 0.5) is 0 Å². The molecular weight excluding hydrogens is 368 g/mol. The van der Waals surface area contributed by atoms with Crippen molar-refractivity contribution >= 4 is 5.78 Å². The highest BCUT2D eigenvalue weighted by Gasteiger charge is 2.60. The third-order valence-electron chi connectivity index (χ3n) is 10.1. The molecule has 3 saturated carbocycles. The van der Waals surface area contributed by atoms with Crippen LogP contribution in [-0.2, 0) is 11.2 Å². The summed E-state index contributed by atoms with van der Waals surface area (Å²) >= 11 is 0. The predicted octanol–water partition coefficient (Wildman–Crippen LogP) is 5.98. The van der Waals surface area contributed by atoms with E-state index in [1.807, 2.05) is 6.92 Å². The molecule has 0 heterocycles. The average Bonchev–Trinajstić information content (AvgIpc) is 3.07. The summed E-state index contributed by atoms with van der Waals surface area (Å²) in [5.41, 5.74) is 3.23. The van der Waals surface area contributed by atoms with Gasteiger partial charge in [-0.2, -0.15) is 0 Å². The van der Waals surface area contributed by atoms with E-state index < -0.39 is 0 Å². The second-order valence-electron chi connectivity index (χ2n) is 11.5. The Balaban J connectivity index is 1.42. The number of carbonyl (C=O) groups excluding carboxylic acids is 1. The standard InChI is InChI=1S/C28H38O2/c1-18(29)23-11-12-24-22-10-9-21-16-26(30)20(15-19-7-5-4-6-8-19)17-28(21,3)25(22)13-14-27(23,24)2/h4-8,16,18,20,22-25,29H,9-15,17H2,1-3H3/t18?,20?,22-,23+,24-,25-,27+,28-/m0/s1. The van der Waals surface area contributed by atoms with Crippen molar-refractivity contribution in [2.24, 2.45) is 40.4 Å². The van der Waals surface area contributed by atoms with Gasteiger partial charge in [0.25, 0.3) is 0 Å². The summed E-state index contributed by atoms with van der Waals surface area (Å²) < 4.78 is 0. The topological polar surface area (TPSA) is 37.3 Å². The van der Waals surface area contributed by atoms with E-state index in [1.54, 1.807) is 0 Å². The number of fused-ring (bicyclic) bond motifs is 5. The minimum absolute atomic E-state index is 0.127. The Morgan fingerprint density at radius 2 is 1.83 bits per heavy atom. The number of ketones is 1. The van der Waals surface area contributed by atoms with Gasteiger partial charge in [-0.15, -0.1) is 0 Å². The molecule has 0 saturated heterocycles. The number of allylic oxidation sites excluding steroid dienone is 1. The second kappa shape index (κ2) is 7.33. The van der Waals surface area contributed by atoms with Crippen molar-refractivity contribution < 1.29 is 9.90 Å². The number of carbonyl (C=O) groups is 1. The molecule has 162 valence electrons. The van der Waals surface area contributed by atoms with Gasteiger partial charge in [0.2, 0.25) is 0 Å². The molecule has 8 atom stereocenters. The summed E-state index contributed by atoms with van der Waals surface area (Å²) in [5.74, 6) is 3.17. The molecule has 0 spiro atoms. The summed E-state index contributed by atoms with van der Waals surface area (Å²) in [4.78, 5) is 13.0. The van der Waals surface area contributed by atoms with Gasteiger partial charge in [-0.25, -0.2) is 0 Å². The van der Waals surface area contributed by atoms with Gasteiger partial charge >= 0.3 is 0 Å². The first-order chi connectivity index (χ1) is 14.3. The van der Waals surface area contributed by atoms with Gasteiger partial charge in [0.05, 0.1) is 6.10 Å². The zero-order valence-electron chi connectivity index (χ0n) is 18.9. The highest BCUT2D eigenvalue weighted by molar-refractivity contribution is 5.94. The van der Waals surface area contributed by atoms with Gasteiger partial charge in [0.15, 0.2) is 5.78 Å². The maximum Gasteiger partial charge on any atom is 0.159 e. The summed E-state index contributed by atoms with van der Waals surface area (Å²) in [7, 11) is 0. The van der Waals surface area contributed by atoms with Gasteiger partial charge < -0.3 is 5.11 Å². The third-order valence-corrected chi connectivity index (χ3v) is 10.1. The van der Waals surface area contributed by atoms with Crippen LogP contribution in [0, 0.1) is 40.4 Å². The number of benzene rings is 1. The maximum atomic E-state index is 13.0. The second-order valence-corrected chi connectivity index (χ2v) is 11.5. The molecule has 30 heavy (non-hydrogen) atoms. The summed E-state index contributed by atoms with van der Waals surface area (Å²) in [6.45, 7) is 6.98. The van der Waals surface area contributed by atoms with Crippen LogP contribution >= 0.6 is 0 Å². The lowest BCUT2D eigenvalue weighted by Crippen LogP contribution is -2.52. The summed E-state index contributed by atoms with van der Waals surface area (Å²) in [6, 6.07) is 10.6. The molecule has 0 aromatic heterocycles. The summed E-state index contributed by atoms with van der Waals surface area (Å²) in [5, 5.41) is 10.4. The first kappa shape index (κ1) is 20.5. The molecule has 2 unspecified atom stereocenters. The highest BCUT2D eigenvalue weighted by atomic mass is 16.3. The number of aliphatic hydroxyl groups is 1. The lowest BCUT2D eigenvalue weighted by atomic mass is 9.46. The highest BCUT2D eigenvalue weighted by Crippen LogP contribution is 2.67. The number of aliphatic hydroxyl groups excluding tert-OH is 1. The molecule has 0 aliphatic heterocycles. The van der Waals surface area contributed by atoms with E-state index in [0.29, 0.717) is 23.0 Å². The molecule has 1 aromatic rings. The first-order valence-corrected chi connectivity index (χ1v) is 12.3. The molecule has 2 heteroatoms. The van der Waals surface area contributed by atoms with Crippen molar-refractivity contribution in [2.75, 3.05) is 0 Å². The van der Waals surface area contributed by atoms with Crippen molar-refractivity contribution in [2.45, 2.75) is 78.2 Å². The molecule has 4 aliphatic rings. The van der Waals surface area contributed by atoms with E-state index in [0.717, 1.165) is 31.1 Å². The number of hydrogen-bond acceptors (Lipinski definition) is 2. The molecule has 5 rings (SSSR count). The monoisotopic (exact) mass is 406 g/mol. The quantitative estimate of drug-likeness (QED) is 0.670. The molecule has 2 nitrogen and oxygen atoms in total. The van der Waals surface area contributed by atoms with Gasteiger partial charge in [-0.1, -0.05) is 49.8 Å². The van der Waals surface area contributed by atoms with E-state index in [1.165, 1.54) is 43.2 Å². The van der Waals surface area contributed by atoms with Crippen LogP contribution in [0.1, 0.15) is 71.3 Å². The Labute approximate surface area is 182 Å². The third kappa shape index (κ3) is 3.05. The molecule has 0 bridgehead atoms. The molecular formula is C28H38O2. The van der Waals surface area contributed by atoms with Crippen LogP contribution in [0.25, 0.3) is 0 Å². The van der Waals surface area contributed by atoms with E-state index in [-0.39, 0.29) is 17.4 Å². The lowest BCUT2D eigenvalue weighted by Gasteiger charge is -2.59. The van der Waals surface area contributed by atoms with Crippen molar-refractivity contribution in [3.63, 3.8) is 0 Å². The Morgan fingerprint density at radius 1 is 1.07 bits per heavy atom. The van der Waals surface area contributed by atoms with Crippen molar-refractivity contribution in [3.8, 4) is 0 Å². The van der Waals surface area contributed by atoms with Crippen molar-refractivity contribution in [3.05, 3.63) is 47.5 Å². The van der Waals surface area contributed by atoms with Gasteiger partial charge in [0.1, 0.15) is 0 Å². The van der Waals surface area contributed by atoms with Crippen molar-refractivity contribution in [1.29, 1.82) is 0 Å². The Hall–Kier alpha value is -1.41. The van der Waals surface area contributed by atoms with E-state index >= 15 is 0 Å². The first-order valence-electron chi connectivity index (χ1n) is 12.3. The lowest BCUT2D eigenvalue weighted by molar-refractivity contribution is -0.123. The van der Waals surface area contributed by atoms with Gasteiger partial charge in [-0.05, 0) is 104 Å². The van der Waals surface area contributed by atoms with Crippen LogP contribution in [0.5, 0.6) is 0 Å². The smallest absolute Gasteiger partial charge is 0.159 e. The fourth-order valence-corrected chi connectivity index (χ4v) is 8.65. The van der Waals surface area contributed by atoms with Crippen LogP contribution < -0.4 is 0 Å². The number of rotatable bonds is 3. The van der Waals surface area contributed by atoms with E-state index in [9.17, 15) is 9.90 Å². The summed E-state index contributed by atoms with van der Waals surface area (Å²) in [6.07, 6.45) is 11.1. The molecule has 3 fully saturated rings. The zero-order chi connectivity index (χ0) is 21.1. The normalized spacial score (nSPS) is 43.9. The van der Waals surface area contributed by atoms with Crippen LogP contribution in [0.2, 0.25) is 0 Å². The van der Waals surface area contributed by atoms with Crippen LogP contribution in [0.3, 0.4) is 0 Å². The molecule has 1 N–H and O–H groups in total.